The molecule has 0 fully saturated rings. The van der Waals surface area contributed by atoms with Gasteiger partial charge in [0.15, 0.2) is 0 Å². The van der Waals surface area contributed by atoms with Crippen LogP contribution in [0.15, 0.2) is 24.3 Å². The Kier molecular flexibility index (Phi) is 3.41. The van der Waals surface area contributed by atoms with Crippen molar-refractivity contribution in [3.8, 4) is 5.75 Å². The summed E-state index contributed by atoms with van der Waals surface area (Å²) in [4.78, 5) is 12.0. The highest BCUT2D eigenvalue weighted by molar-refractivity contribution is 5.94. The van der Waals surface area contributed by atoms with E-state index in [4.69, 9.17) is 4.74 Å². The molecule has 1 amide bonds. The van der Waals surface area contributed by atoms with Crippen LogP contribution in [-0.4, -0.2) is 22.3 Å². The molecule has 0 aliphatic carbocycles. The number of anilines is 1. The Labute approximate surface area is 123 Å². The number of amides is 1. The van der Waals surface area contributed by atoms with Crippen molar-refractivity contribution < 1.29 is 9.53 Å². The molecule has 1 unspecified atom stereocenters. The summed E-state index contributed by atoms with van der Waals surface area (Å²) in [5, 5.41) is 7.35. The van der Waals surface area contributed by atoms with Crippen molar-refractivity contribution in [3.63, 3.8) is 0 Å². The van der Waals surface area contributed by atoms with Crippen LogP contribution in [0.4, 0.5) is 5.82 Å². The average Bonchev–Trinajstić information content (AvgIpc) is 2.74. The van der Waals surface area contributed by atoms with Crippen LogP contribution >= 0.6 is 0 Å². The summed E-state index contributed by atoms with van der Waals surface area (Å²) in [6.07, 6.45) is 0.440. The van der Waals surface area contributed by atoms with E-state index in [0.29, 0.717) is 13.0 Å². The number of aromatic nitrogens is 2. The van der Waals surface area contributed by atoms with E-state index in [1.165, 1.54) is 0 Å². The van der Waals surface area contributed by atoms with Crippen LogP contribution in [0.25, 0.3) is 0 Å². The van der Waals surface area contributed by atoms with Crippen LogP contribution in [0.1, 0.15) is 36.1 Å². The molecule has 1 aromatic carbocycles. The fourth-order valence-corrected chi connectivity index (χ4v) is 2.98. The zero-order valence-corrected chi connectivity index (χ0v) is 12.5. The maximum atomic E-state index is 12.0. The number of aryl methyl sites for hydroxylation is 2. The van der Waals surface area contributed by atoms with Gasteiger partial charge in [-0.25, -0.2) is 0 Å². The summed E-state index contributed by atoms with van der Waals surface area (Å²) in [6.45, 7) is 4.57. The monoisotopic (exact) mass is 285 g/mol. The number of benzene rings is 1. The second-order valence-electron chi connectivity index (χ2n) is 5.28. The van der Waals surface area contributed by atoms with Gasteiger partial charge in [-0.15, -0.1) is 0 Å². The molecule has 3 rings (SSSR count). The van der Waals surface area contributed by atoms with Crippen LogP contribution in [0.2, 0.25) is 0 Å². The summed E-state index contributed by atoms with van der Waals surface area (Å²) >= 11 is 0. The van der Waals surface area contributed by atoms with Crippen LogP contribution in [-0.2, 0) is 11.8 Å². The van der Waals surface area contributed by atoms with Gasteiger partial charge >= 0.3 is 0 Å². The molecule has 0 spiro atoms. The van der Waals surface area contributed by atoms with E-state index in [9.17, 15) is 4.79 Å². The number of hydrogen-bond acceptors (Lipinski definition) is 3. The normalized spacial score (nSPS) is 17.3. The summed E-state index contributed by atoms with van der Waals surface area (Å²) < 4.78 is 7.30. The number of carbonyl (C=O) groups is 1. The molecule has 0 radical (unpaired) electrons. The molecule has 5 nitrogen and oxygen atoms in total. The van der Waals surface area contributed by atoms with Crippen molar-refractivity contribution >= 4 is 11.7 Å². The quantitative estimate of drug-likeness (QED) is 0.943. The molecule has 0 saturated carbocycles. The fraction of sp³-hybridized carbons (Fsp3) is 0.375. The van der Waals surface area contributed by atoms with E-state index in [2.05, 4.69) is 10.4 Å². The lowest BCUT2D eigenvalue weighted by Crippen LogP contribution is -2.24. The SMILES string of the molecule is CCOc1cccc(C2CC(=O)Nc3c2c(C)nn3C)c1. The minimum atomic E-state index is 0.0253. The molecule has 5 heteroatoms. The Hall–Kier alpha value is -2.30. The molecular formula is C16H19N3O2. The molecular weight excluding hydrogens is 266 g/mol. The smallest absolute Gasteiger partial charge is 0.226 e. The lowest BCUT2D eigenvalue weighted by atomic mass is 9.86. The third kappa shape index (κ3) is 2.39. The number of ether oxygens (including phenoxy) is 1. The first-order chi connectivity index (χ1) is 10.1. The summed E-state index contributed by atoms with van der Waals surface area (Å²) in [6, 6.07) is 7.97. The highest BCUT2D eigenvalue weighted by atomic mass is 16.5. The maximum absolute atomic E-state index is 12.0. The molecule has 1 aromatic heterocycles. The molecule has 1 atom stereocenters. The van der Waals surface area contributed by atoms with Crippen molar-refractivity contribution in [2.75, 3.05) is 11.9 Å². The average molecular weight is 285 g/mol. The van der Waals surface area contributed by atoms with Gasteiger partial charge in [-0.3, -0.25) is 9.48 Å². The Morgan fingerprint density at radius 2 is 2.29 bits per heavy atom. The lowest BCUT2D eigenvalue weighted by Gasteiger charge is -2.24. The molecule has 1 N–H and O–H groups in total. The Morgan fingerprint density at radius 3 is 3.05 bits per heavy atom. The second-order valence-corrected chi connectivity index (χ2v) is 5.28. The lowest BCUT2D eigenvalue weighted by molar-refractivity contribution is -0.116. The van der Waals surface area contributed by atoms with Gasteiger partial charge in [0.1, 0.15) is 11.6 Å². The largest absolute Gasteiger partial charge is 0.494 e. The van der Waals surface area contributed by atoms with Gasteiger partial charge in [0.25, 0.3) is 0 Å². The van der Waals surface area contributed by atoms with Gasteiger partial charge in [0.05, 0.1) is 12.3 Å². The van der Waals surface area contributed by atoms with E-state index in [0.717, 1.165) is 28.4 Å². The minimum absolute atomic E-state index is 0.0253. The Morgan fingerprint density at radius 1 is 1.48 bits per heavy atom. The van der Waals surface area contributed by atoms with Crippen LogP contribution in [0, 0.1) is 6.92 Å². The first-order valence-electron chi connectivity index (χ1n) is 7.16. The highest BCUT2D eigenvalue weighted by Crippen LogP contribution is 2.39. The fourth-order valence-electron chi connectivity index (χ4n) is 2.98. The van der Waals surface area contributed by atoms with Gasteiger partial charge < -0.3 is 10.1 Å². The minimum Gasteiger partial charge on any atom is -0.494 e. The van der Waals surface area contributed by atoms with Crippen molar-refractivity contribution in [3.05, 3.63) is 41.1 Å². The summed E-state index contributed by atoms with van der Waals surface area (Å²) in [5.74, 6) is 1.69. The second kappa shape index (κ2) is 5.24. The number of nitrogens with zero attached hydrogens (tertiary/aromatic N) is 2. The van der Waals surface area contributed by atoms with Gasteiger partial charge in [-0.05, 0) is 31.5 Å². The van der Waals surface area contributed by atoms with E-state index < -0.39 is 0 Å². The van der Waals surface area contributed by atoms with Crippen molar-refractivity contribution in [2.24, 2.45) is 7.05 Å². The molecule has 2 aromatic rings. The topological polar surface area (TPSA) is 56.1 Å². The zero-order chi connectivity index (χ0) is 15.0. The first kappa shape index (κ1) is 13.7. The molecule has 0 saturated heterocycles. The number of rotatable bonds is 3. The number of carbonyl (C=O) groups excluding carboxylic acids is 1. The van der Waals surface area contributed by atoms with Gasteiger partial charge in [-0.1, -0.05) is 12.1 Å². The van der Waals surface area contributed by atoms with E-state index in [-0.39, 0.29) is 11.8 Å². The molecule has 1 aliphatic rings. The third-order valence-corrected chi connectivity index (χ3v) is 3.84. The maximum Gasteiger partial charge on any atom is 0.226 e. The molecule has 0 bridgehead atoms. The molecule has 110 valence electrons. The molecule has 1 aliphatic heterocycles. The highest BCUT2D eigenvalue weighted by Gasteiger charge is 2.31. The van der Waals surface area contributed by atoms with Crippen LogP contribution in [0.5, 0.6) is 5.75 Å². The van der Waals surface area contributed by atoms with Crippen LogP contribution in [0.3, 0.4) is 0 Å². The van der Waals surface area contributed by atoms with Crippen molar-refractivity contribution in [2.45, 2.75) is 26.2 Å². The van der Waals surface area contributed by atoms with Crippen molar-refractivity contribution in [1.82, 2.24) is 9.78 Å². The van der Waals surface area contributed by atoms with E-state index >= 15 is 0 Å². The van der Waals surface area contributed by atoms with Crippen LogP contribution < -0.4 is 10.1 Å². The predicted molar refractivity (Wildman–Crippen MR) is 80.6 cm³/mol. The van der Waals surface area contributed by atoms with Crippen molar-refractivity contribution in [1.29, 1.82) is 0 Å². The van der Waals surface area contributed by atoms with E-state index in [1.54, 1.807) is 4.68 Å². The van der Waals surface area contributed by atoms with Gasteiger partial charge in [0, 0.05) is 24.9 Å². The molecule has 2 heterocycles. The van der Waals surface area contributed by atoms with E-state index in [1.807, 2.05) is 45.2 Å². The Bertz CT molecular complexity index is 691. The Balaban J connectivity index is 2.07. The number of nitrogens with one attached hydrogen (secondary N) is 1. The summed E-state index contributed by atoms with van der Waals surface area (Å²) in [5.41, 5.74) is 3.15. The first-order valence-corrected chi connectivity index (χ1v) is 7.16. The van der Waals surface area contributed by atoms with Gasteiger partial charge in [0.2, 0.25) is 5.91 Å². The standard InChI is InChI=1S/C16H19N3O2/c1-4-21-12-7-5-6-11(8-12)13-9-14(20)17-16-15(13)10(2)18-19(16)3/h5-8,13H,4,9H2,1-3H3,(H,17,20). The summed E-state index contributed by atoms with van der Waals surface area (Å²) in [7, 11) is 1.85. The zero-order valence-electron chi connectivity index (χ0n) is 12.5. The molecule has 21 heavy (non-hydrogen) atoms. The third-order valence-electron chi connectivity index (χ3n) is 3.84. The predicted octanol–water partition coefficient (Wildman–Crippen LogP) is 2.60. The van der Waals surface area contributed by atoms with Gasteiger partial charge in [-0.2, -0.15) is 5.10 Å². The number of fused-ring (bicyclic) bond motifs is 1. The number of hydrogen-bond donors (Lipinski definition) is 1.